The fraction of sp³-hybridized carbons (Fsp3) is 0.105. The lowest BCUT2D eigenvalue weighted by molar-refractivity contribution is 0.628. The van der Waals surface area contributed by atoms with E-state index in [4.69, 9.17) is 0 Å². The van der Waals surface area contributed by atoms with Crippen LogP contribution in [-0.2, 0) is 25.7 Å². The summed E-state index contributed by atoms with van der Waals surface area (Å²) < 4.78 is 13.3. The van der Waals surface area contributed by atoms with E-state index in [1.165, 1.54) is 45.5 Å². The maximum atomic E-state index is 13.3. The maximum absolute atomic E-state index is 13.3. The zero-order chi connectivity index (χ0) is 27.9. The van der Waals surface area contributed by atoms with Gasteiger partial charge in [0.25, 0.3) is 0 Å². The number of hydrogen-bond donors (Lipinski definition) is 0. The Bertz CT molecular complexity index is 1690. The van der Waals surface area contributed by atoms with Crippen LogP contribution in [0.4, 0.5) is 4.39 Å². The molecule has 0 saturated heterocycles. The molecule has 6 rings (SSSR count). The van der Waals surface area contributed by atoms with Gasteiger partial charge in [-0.2, -0.15) is 0 Å². The van der Waals surface area contributed by atoms with Crippen molar-refractivity contribution in [3.63, 3.8) is 0 Å². The minimum Gasteiger partial charge on any atom is -0.256 e. The molecule has 0 aliphatic heterocycles. The molecule has 0 saturated carbocycles. The van der Waals surface area contributed by atoms with E-state index in [0.717, 1.165) is 48.2 Å². The molecule has 0 N–H and O–H groups in total. The normalized spacial score (nSPS) is 11.0. The van der Waals surface area contributed by atoms with Crippen molar-refractivity contribution in [2.24, 2.45) is 0 Å². The fourth-order valence-electron chi connectivity index (χ4n) is 5.17. The molecule has 0 aliphatic rings. The van der Waals surface area contributed by atoms with Crippen LogP contribution in [0.15, 0.2) is 140 Å². The molecule has 0 unspecified atom stereocenters. The van der Waals surface area contributed by atoms with Crippen molar-refractivity contribution in [2.75, 3.05) is 0 Å². The van der Waals surface area contributed by atoms with Crippen molar-refractivity contribution in [2.45, 2.75) is 25.7 Å². The van der Waals surface area contributed by atoms with Gasteiger partial charge < -0.3 is 0 Å². The topological polar surface area (TPSA) is 25.8 Å². The number of aromatic nitrogens is 2. The Labute approximate surface area is 241 Å². The van der Waals surface area contributed by atoms with Gasteiger partial charge in [-0.25, -0.2) is 4.39 Å². The molecular weight excluding hydrogens is 503 g/mol. The van der Waals surface area contributed by atoms with Crippen LogP contribution in [0.5, 0.6) is 0 Å². The first-order valence-electron chi connectivity index (χ1n) is 14.1. The zero-order valence-electron chi connectivity index (χ0n) is 22.9. The highest BCUT2D eigenvalue weighted by Gasteiger charge is 2.07. The Morgan fingerprint density at radius 2 is 1.00 bits per heavy atom. The van der Waals surface area contributed by atoms with Crippen molar-refractivity contribution >= 4 is 0 Å². The molecule has 0 radical (unpaired) electrons. The lowest BCUT2D eigenvalue weighted by atomic mass is 9.94. The van der Waals surface area contributed by atoms with E-state index in [9.17, 15) is 4.39 Å². The second-order valence-electron chi connectivity index (χ2n) is 10.4. The SMILES string of the molecule is Fc1ccc(-c2ccc(CCc3cc(CCc4ccc(-c5ccccn5)cc4)cc(-c4ccccc4)c3)cn2)cc1. The first-order chi connectivity index (χ1) is 20.2. The smallest absolute Gasteiger partial charge is 0.123 e. The van der Waals surface area contributed by atoms with E-state index < -0.39 is 0 Å². The lowest BCUT2D eigenvalue weighted by Crippen LogP contribution is -1.98. The van der Waals surface area contributed by atoms with Gasteiger partial charge in [0.1, 0.15) is 5.82 Å². The van der Waals surface area contributed by atoms with E-state index >= 15 is 0 Å². The summed E-state index contributed by atoms with van der Waals surface area (Å²) in [5, 5.41) is 0. The van der Waals surface area contributed by atoms with Gasteiger partial charge >= 0.3 is 0 Å². The summed E-state index contributed by atoms with van der Waals surface area (Å²) in [7, 11) is 0. The van der Waals surface area contributed by atoms with E-state index in [1.807, 2.05) is 36.7 Å². The molecule has 41 heavy (non-hydrogen) atoms. The first kappa shape index (κ1) is 26.3. The molecule has 0 bridgehead atoms. The van der Waals surface area contributed by atoms with Gasteiger partial charge in [0.05, 0.1) is 11.4 Å². The van der Waals surface area contributed by atoms with Crippen LogP contribution in [0, 0.1) is 5.82 Å². The summed E-state index contributed by atoms with van der Waals surface area (Å²) >= 11 is 0. The predicted octanol–water partition coefficient (Wildman–Crippen LogP) is 9.19. The van der Waals surface area contributed by atoms with Gasteiger partial charge in [-0.3, -0.25) is 9.97 Å². The van der Waals surface area contributed by atoms with Gasteiger partial charge in [-0.05, 0) is 102 Å². The van der Waals surface area contributed by atoms with Gasteiger partial charge in [0.15, 0.2) is 0 Å². The summed E-state index contributed by atoms with van der Waals surface area (Å²) in [5.74, 6) is -0.235. The third-order valence-electron chi connectivity index (χ3n) is 7.44. The molecule has 3 heteroatoms. The minimum atomic E-state index is -0.235. The van der Waals surface area contributed by atoms with Gasteiger partial charge in [0.2, 0.25) is 0 Å². The standard InChI is InChI=1S/C38H31FN2/c39-36-20-18-34(19-21-36)38-22-15-29(27-41-38)10-12-31-24-30(25-35(26-31)32-6-2-1-3-7-32)11-9-28-13-16-33(17-14-28)37-8-4-5-23-40-37/h1-8,13-27H,9-12H2. The van der Waals surface area contributed by atoms with E-state index in [2.05, 4.69) is 88.8 Å². The molecule has 0 spiro atoms. The second kappa shape index (κ2) is 12.5. The molecule has 2 aromatic heterocycles. The highest BCUT2D eigenvalue weighted by molar-refractivity contribution is 5.65. The third kappa shape index (κ3) is 6.82. The lowest BCUT2D eigenvalue weighted by Gasteiger charge is -2.12. The third-order valence-corrected chi connectivity index (χ3v) is 7.44. The Kier molecular flexibility index (Phi) is 8.05. The average molecular weight is 535 g/mol. The minimum absolute atomic E-state index is 0.235. The summed E-state index contributed by atoms with van der Waals surface area (Å²) in [5.41, 5.74) is 11.6. The number of pyridine rings is 2. The number of nitrogens with zero attached hydrogens (tertiary/aromatic N) is 2. The highest BCUT2D eigenvalue weighted by Crippen LogP contribution is 2.25. The van der Waals surface area contributed by atoms with E-state index in [1.54, 1.807) is 12.1 Å². The average Bonchev–Trinajstić information content (AvgIpc) is 3.04. The molecule has 4 aromatic carbocycles. The monoisotopic (exact) mass is 534 g/mol. The van der Waals surface area contributed by atoms with Crippen LogP contribution in [0.1, 0.15) is 22.3 Å². The maximum Gasteiger partial charge on any atom is 0.123 e. The van der Waals surface area contributed by atoms with E-state index in [0.29, 0.717) is 0 Å². The largest absolute Gasteiger partial charge is 0.256 e. The molecule has 2 heterocycles. The molecule has 0 aliphatic carbocycles. The summed E-state index contributed by atoms with van der Waals surface area (Å²) in [4.78, 5) is 9.10. The number of aryl methyl sites for hydroxylation is 4. The zero-order valence-corrected chi connectivity index (χ0v) is 22.9. The van der Waals surface area contributed by atoms with Crippen LogP contribution in [0.3, 0.4) is 0 Å². The van der Waals surface area contributed by atoms with Crippen molar-refractivity contribution in [1.29, 1.82) is 0 Å². The second-order valence-corrected chi connectivity index (χ2v) is 10.4. The van der Waals surface area contributed by atoms with Gasteiger partial charge in [0, 0.05) is 23.5 Å². The van der Waals surface area contributed by atoms with Crippen LogP contribution in [-0.4, -0.2) is 9.97 Å². The van der Waals surface area contributed by atoms with Crippen molar-refractivity contribution in [3.05, 3.63) is 168 Å². The Morgan fingerprint density at radius 1 is 0.415 bits per heavy atom. The fourth-order valence-corrected chi connectivity index (χ4v) is 5.17. The van der Waals surface area contributed by atoms with Crippen molar-refractivity contribution in [1.82, 2.24) is 9.97 Å². The first-order valence-corrected chi connectivity index (χ1v) is 14.1. The summed E-state index contributed by atoms with van der Waals surface area (Å²) in [6.45, 7) is 0. The van der Waals surface area contributed by atoms with Crippen LogP contribution in [0.25, 0.3) is 33.6 Å². The van der Waals surface area contributed by atoms with E-state index in [-0.39, 0.29) is 5.82 Å². The number of halogens is 1. The van der Waals surface area contributed by atoms with Crippen LogP contribution >= 0.6 is 0 Å². The number of benzene rings is 4. The van der Waals surface area contributed by atoms with Gasteiger partial charge in [-0.15, -0.1) is 0 Å². The molecule has 2 nitrogen and oxygen atoms in total. The molecule has 6 aromatic rings. The predicted molar refractivity (Wildman–Crippen MR) is 166 cm³/mol. The number of rotatable bonds is 9. The van der Waals surface area contributed by atoms with Gasteiger partial charge in [-0.1, -0.05) is 84.9 Å². The quantitative estimate of drug-likeness (QED) is 0.185. The van der Waals surface area contributed by atoms with Crippen molar-refractivity contribution < 1.29 is 4.39 Å². The summed E-state index contributed by atoms with van der Waals surface area (Å²) in [6.07, 6.45) is 7.57. The molecular formula is C38H31FN2. The Morgan fingerprint density at radius 3 is 1.63 bits per heavy atom. The highest BCUT2D eigenvalue weighted by atomic mass is 19.1. The van der Waals surface area contributed by atoms with Crippen molar-refractivity contribution in [3.8, 4) is 33.6 Å². The van der Waals surface area contributed by atoms with Crippen LogP contribution < -0.4 is 0 Å². The molecule has 0 fully saturated rings. The van der Waals surface area contributed by atoms with Crippen LogP contribution in [0.2, 0.25) is 0 Å². The molecule has 200 valence electrons. The summed E-state index contributed by atoms with van der Waals surface area (Å²) in [6, 6.07) is 43.0. The Hall–Kier alpha value is -4.89. The number of hydrogen-bond acceptors (Lipinski definition) is 2. The molecule has 0 atom stereocenters. The Balaban J connectivity index is 1.17. The molecule has 0 amide bonds.